The molecule has 0 aromatic carbocycles. The highest BCUT2D eigenvalue weighted by molar-refractivity contribution is 5.69. The second-order valence-electron chi connectivity index (χ2n) is 13.3. The van der Waals surface area contributed by atoms with E-state index in [-0.39, 0.29) is 37.8 Å². The quantitative estimate of drug-likeness (QED) is 0.0363. The molecule has 8 heteroatoms. The van der Waals surface area contributed by atoms with E-state index in [1.165, 1.54) is 77.0 Å². The molecular formula is C40H78NO7. The molecule has 285 valence electrons. The van der Waals surface area contributed by atoms with Crippen LogP contribution in [-0.4, -0.2) is 76.0 Å². The van der Waals surface area contributed by atoms with Crippen molar-refractivity contribution in [3.8, 4) is 0 Å². The van der Waals surface area contributed by atoms with Crippen LogP contribution in [0.4, 0.5) is 4.79 Å². The average molecular weight is 685 g/mol. The summed E-state index contributed by atoms with van der Waals surface area (Å²) in [6.45, 7) is 15.8. The zero-order valence-electron chi connectivity index (χ0n) is 32.3. The summed E-state index contributed by atoms with van der Waals surface area (Å²) in [6, 6.07) is 0. The summed E-state index contributed by atoms with van der Waals surface area (Å²) in [5.74, 6) is -0.307. The zero-order valence-corrected chi connectivity index (χ0v) is 32.3. The summed E-state index contributed by atoms with van der Waals surface area (Å²) in [4.78, 5) is 27.4. The molecule has 1 radical (unpaired) electrons. The predicted octanol–water partition coefficient (Wildman–Crippen LogP) is 10.8. The predicted molar refractivity (Wildman–Crippen MR) is 198 cm³/mol. The number of hydrogen-bond donors (Lipinski definition) is 0. The molecule has 0 aromatic heterocycles. The Morgan fingerprint density at radius 3 is 1.71 bits per heavy atom. The molecule has 0 saturated heterocycles. The van der Waals surface area contributed by atoms with Gasteiger partial charge in [-0.2, -0.15) is 0 Å². The van der Waals surface area contributed by atoms with Gasteiger partial charge < -0.3 is 28.6 Å². The fraction of sp³-hybridized carbons (Fsp3) is 0.925. The Labute approximate surface area is 297 Å². The van der Waals surface area contributed by atoms with Crippen molar-refractivity contribution in [3.05, 3.63) is 6.42 Å². The molecule has 0 aliphatic rings. The van der Waals surface area contributed by atoms with Crippen molar-refractivity contribution in [1.82, 2.24) is 4.90 Å². The van der Waals surface area contributed by atoms with Gasteiger partial charge in [-0.15, -0.1) is 0 Å². The number of esters is 1. The summed E-state index contributed by atoms with van der Waals surface area (Å²) < 4.78 is 28.6. The molecule has 0 amide bonds. The third kappa shape index (κ3) is 31.9. The van der Waals surface area contributed by atoms with Gasteiger partial charge in [-0.25, -0.2) is 4.79 Å². The highest BCUT2D eigenvalue weighted by atomic mass is 16.7. The maximum absolute atomic E-state index is 12.8. The van der Waals surface area contributed by atoms with Gasteiger partial charge in [-0.3, -0.25) is 4.79 Å². The fourth-order valence-corrected chi connectivity index (χ4v) is 5.67. The van der Waals surface area contributed by atoms with Crippen LogP contribution >= 0.6 is 0 Å². The van der Waals surface area contributed by atoms with Gasteiger partial charge >= 0.3 is 12.1 Å². The number of unbranched alkanes of at least 4 members (excludes halogenated alkanes) is 16. The SMILES string of the molecule is C[CH]CCCCCCCCCC(COC(=O)CCC(OCCCCCCC)OCCCCCCC)COC(=O)OCCCN(CC)CC. The first-order chi connectivity index (χ1) is 23.5. The highest BCUT2D eigenvalue weighted by Crippen LogP contribution is 2.16. The third-order valence-electron chi connectivity index (χ3n) is 8.94. The number of carbonyl (C=O) groups excluding carboxylic acids is 2. The van der Waals surface area contributed by atoms with E-state index in [0.717, 1.165) is 71.0 Å². The van der Waals surface area contributed by atoms with E-state index in [0.29, 0.717) is 26.2 Å². The lowest BCUT2D eigenvalue weighted by atomic mass is 10.0. The molecule has 0 aromatic rings. The maximum Gasteiger partial charge on any atom is 0.508 e. The van der Waals surface area contributed by atoms with Crippen LogP contribution in [0.25, 0.3) is 0 Å². The molecule has 0 rings (SSSR count). The Hall–Kier alpha value is -1.38. The van der Waals surface area contributed by atoms with Crippen molar-refractivity contribution >= 4 is 12.1 Å². The van der Waals surface area contributed by atoms with Crippen molar-refractivity contribution in [2.45, 2.75) is 182 Å². The number of carbonyl (C=O) groups is 2. The van der Waals surface area contributed by atoms with Crippen molar-refractivity contribution in [3.63, 3.8) is 0 Å². The van der Waals surface area contributed by atoms with Crippen LogP contribution in [0, 0.1) is 12.3 Å². The van der Waals surface area contributed by atoms with Gasteiger partial charge in [0.1, 0.15) is 6.61 Å². The number of rotatable bonds is 37. The van der Waals surface area contributed by atoms with E-state index in [9.17, 15) is 9.59 Å². The lowest BCUT2D eigenvalue weighted by molar-refractivity contribution is -0.160. The van der Waals surface area contributed by atoms with Crippen molar-refractivity contribution in [2.75, 3.05) is 52.7 Å². The normalized spacial score (nSPS) is 12.1. The maximum atomic E-state index is 12.8. The standard InChI is InChI=1S/C40H78NO7/c1-6-11-14-17-18-19-20-21-24-28-37(36-48-40(43)46-34-27-31-41(9-4)10-5)35-47-38(42)29-30-39(44-32-25-22-15-12-7-2)45-33-26-23-16-13-8-3/h6,37,39H,7-36H2,1-5H3. The van der Waals surface area contributed by atoms with Gasteiger partial charge in [0.05, 0.1) is 19.6 Å². The fourth-order valence-electron chi connectivity index (χ4n) is 5.67. The Morgan fingerprint density at radius 2 is 1.12 bits per heavy atom. The van der Waals surface area contributed by atoms with E-state index in [1.807, 2.05) is 0 Å². The first-order valence-electron chi connectivity index (χ1n) is 20.2. The summed E-state index contributed by atoms with van der Waals surface area (Å²) in [5, 5.41) is 0. The van der Waals surface area contributed by atoms with Gasteiger partial charge in [0.15, 0.2) is 6.29 Å². The van der Waals surface area contributed by atoms with Crippen molar-refractivity contribution in [1.29, 1.82) is 0 Å². The minimum Gasteiger partial charge on any atom is -0.465 e. The molecule has 1 unspecified atom stereocenters. The summed E-state index contributed by atoms with van der Waals surface area (Å²) in [7, 11) is 0. The molecule has 0 fully saturated rings. The van der Waals surface area contributed by atoms with Gasteiger partial charge in [-0.1, -0.05) is 137 Å². The number of nitrogens with zero attached hydrogens (tertiary/aromatic N) is 1. The number of hydrogen-bond acceptors (Lipinski definition) is 8. The molecule has 0 saturated carbocycles. The van der Waals surface area contributed by atoms with Crippen molar-refractivity contribution in [2.24, 2.45) is 5.92 Å². The molecule has 8 nitrogen and oxygen atoms in total. The van der Waals surface area contributed by atoms with Crippen LogP contribution in [0.1, 0.15) is 176 Å². The van der Waals surface area contributed by atoms with E-state index in [4.69, 9.17) is 23.7 Å². The van der Waals surface area contributed by atoms with Crippen LogP contribution in [0.3, 0.4) is 0 Å². The monoisotopic (exact) mass is 685 g/mol. The van der Waals surface area contributed by atoms with E-state index >= 15 is 0 Å². The summed E-state index contributed by atoms with van der Waals surface area (Å²) >= 11 is 0. The lowest BCUT2D eigenvalue weighted by Crippen LogP contribution is -2.26. The highest BCUT2D eigenvalue weighted by Gasteiger charge is 2.18. The van der Waals surface area contributed by atoms with E-state index in [2.05, 4.69) is 45.9 Å². The van der Waals surface area contributed by atoms with E-state index in [1.54, 1.807) is 0 Å². The van der Waals surface area contributed by atoms with Crippen LogP contribution in [-0.2, 0) is 28.5 Å². The van der Waals surface area contributed by atoms with Crippen LogP contribution in [0.2, 0.25) is 0 Å². The van der Waals surface area contributed by atoms with Crippen LogP contribution in [0.5, 0.6) is 0 Å². The Bertz CT molecular complexity index is 672. The molecule has 0 N–H and O–H groups in total. The smallest absolute Gasteiger partial charge is 0.465 e. The first-order valence-corrected chi connectivity index (χ1v) is 20.2. The van der Waals surface area contributed by atoms with Crippen LogP contribution < -0.4 is 0 Å². The van der Waals surface area contributed by atoms with E-state index < -0.39 is 6.16 Å². The third-order valence-corrected chi connectivity index (χ3v) is 8.94. The molecule has 0 aliphatic carbocycles. The summed E-state index contributed by atoms with van der Waals surface area (Å²) in [6.07, 6.45) is 25.0. The molecule has 0 aliphatic heterocycles. The second kappa shape index (κ2) is 36.9. The minimum absolute atomic E-state index is 0.0493. The Morgan fingerprint density at radius 1 is 0.583 bits per heavy atom. The lowest BCUT2D eigenvalue weighted by Gasteiger charge is -2.20. The Balaban J connectivity index is 4.73. The molecular weight excluding hydrogens is 606 g/mol. The van der Waals surface area contributed by atoms with Crippen molar-refractivity contribution < 1.29 is 33.3 Å². The average Bonchev–Trinajstić information content (AvgIpc) is 3.09. The Kier molecular flexibility index (Phi) is 35.8. The van der Waals surface area contributed by atoms with Gasteiger partial charge in [0.25, 0.3) is 0 Å². The van der Waals surface area contributed by atoms with Crippen LogP contribution in [0.15, 0.2) is 0 Å². The number of ether oxygens (including phenoxy) is 5. The zero-order chi connectivity index (χ0) is 35.3. The van der Waals surface area contributed by atoms with Gasteiger partial charge in [0, 0.05) is 32.1 Å². The first kappa shape index (κ1) is 46.6. The molecule has 1 atom stereocenters. The largest absolute Gasteiger partial charge is 0.508 e. The molecule has 48 heavy (non-hydrogen) atoms. The minimum atomic E-state index is -0.642. The second-order valence-corrected chi connectivity index (χ2v) is 13.3. The molecule has 0 bridgehead atoms. The topological polar surface area (TPSA) is 83.5 Å². The van der Waals surface area contributed by atoms with Gasteiger partial charge in [-0.05, 0) is 45.2 Å². The van der Waals surface area contributed by atoms with Gasteiger partial charge in [0.2, 0.25) is 0 Å². The summed E-state index contributed by atoms with van der Waals surface area (Å²) in [5.41, 5.74) is 0. The molecule has 0 spiro atoms. The molecule has 0 heterocycles.